The molecule has 21 heavy (non-hydrogen) atoms. The Labute approximate surface area is 124 Å². The highest BCUT2D eigenvalue weighted by Crippen LogP contribution is 2.48. The van der Waals surface area contributed by atoms with Crippen LogP contribution in [0.1, 0.15) is 29.0 Å². The molecule has 0 aliphatic heterocycles. The molecule has 0 spiro atoms. The standard InChI is InChI=1S/C18H18FNO/c1-11-7-12(2)9-15(8-11)20-18(21)17-10-16(17)13-3-5-14(19)6-4-13/h3-9,16-17H,10H2,1-2H3,(H,20,21). The molecule has 1 amide bonds. The number of hydrogen-bond acceptors (Lipinski definition) is 1. The van der Waals surface area contributed by atoms with Crippen molar-refractivity contribution in [2.45, 2.75) is 26.2 Å². The lowest BCUT2D eigenvalue weighted by molar-refractivity contribution is -0.117. The molecule has 0 bridgehead atoms. The molecule has 0 aromatic heterocycles. The molecular formula is C18H18FNO. The minimum Gasteiger partial charge on any atom is -0.326 e. The van der Waals surface area contributed by atoms with Gasteiger partial charge in [-0.1, -0.05) is 18.2 Å². The van der Waals surface area contributed by atoms with Crippen molar-refractivity contribution in [2.75, 3.05) is 5.32 Å². The molecule has 1 fully saturated rings. The molecule has 1 aliphatic rings. The molecule has 2 aromatic carbocycles. The SMILES string of the molecule is Cc1cc(C)cc(NC(=O)C2CC2c2ccc(F)cc2)c1. The molecule has 1 saturated carbocycles. The maximum atomic E-state index is 12.9. The second kappa shape index (κ2) is 5.32. The van der Waals surface area contributed by atoms with Crippen LogP contribution in [0.4, 0.5) is 10.1 Å². The van der Waals surface area contributed by atoms with E-state index in [-0.39, 0.29) is 23.6 Å². The molecule has 2 nitrogen and oxygen atoms in total. The number of anilines is 1. The summed E-state index contributed by atoms with van der Waals surface area (Å²) in [6.45, 7) is 4.03. The highest BCUT2D eigenvalue weighted by molar-refractivity contribution is 5.95. The number of nitrogens with one attached hydrogen (secondary N) is 1. The number of carbonyl (C=O) groups is 1. The second-order valence-electron chi connectivity index (χ2n) is 5.87. The van der Waals surface area contributed by atoms with Gasteiger partial charge < -0.3 is 5.32 Å². The topological polar surface area (TPSA) is 29.1 Å². The Balaban J connectivity index is 1.66. The van der Waals surface area contributed by atoms with Crippen molar-refractivity contribution in [3.63, 3.8) is 0 Å². The van der Waals surface area contributed by atoms with Gasteiger partial charge in [0.05, 0.1) is 0 Å². The predicted molar refractivity (Wildman–Crippen MR) is 81.8 cm³/mol. The van der Waals surface area contributed by atoms with Crippen molar-refractivity contribution in [1.82, 2.24) is 0 Å². The Hall–Kier alpha value is -2.16. The van der Waals surface area contributed by atoms with E-state index in [0.29, 0.717) is 0 Å². The van der Waals surface area contributed by atoms with Gasteiger partial charge in [0.1, 0.15) is 5.82 Å². The van der Waals surface area contributed by atoms with Crippen molar-refractivity contribution in [3.8, 4) is 0 Å². The molecule has 3 rings (SSSR count). The fraction of sp³-hybridized carbons (Fsp3) is 0.278. The molecule has 2 unspecified atom stereocenters. The molecule has 2 atom stereocenters. The summed E-state index contributed by atoms with van der Waals surface area (Å²) >= 11 is 0. The monoisotopic (exact) mass is 283 g/mol. The van der Waals surface area contributed by atoms with Crippen molar-refractivity contribution in [3.05, 3.63) is 65.0 Å². The lowest BCUT2D eigenvalue weighted by atomic mass is 10.1. The first-order valence-corrected chi connectivity index (χ1v) is 7.17. The minimum atomic E-state index is -0.240. The van der Waals surface area contributed by atoms with E-state index in [9.17, 15) is 9.18 Å². The summed E-state index contributed by atoms with van der Waals surface area (Å²) in [6.07, 6.45) is 0.836. The van der Waals surface area contributed by atoms with E-state index in [1.165, 1.54) is 12.1 Å². The van der Waals surface area contributed by atoms with Crippen molar-refractivity contribution >= 4 is 11.6 Å². The summed E-state index contributed by atoms with van der Waals surface area (Å²) in [4.78, 5) is 12.3. The molecule has 3 heteroatoms. The maximum absolute atomic E-state index is 12.9. The quantitative estimate of drug-likeness (QED) is 0.899. The smallest absolute Gasteiger partial charge is 0.228 e. The maximum Gasteiger partial charge on any atom is 0.228 e. The molecule has 108 valence electrons. The summed E-state index contributed by atoms with van der Waals surface area (Å²) in [7, 11) is 0. The number of halogens is 1. The first-order valence-electron chi connectivity index (χ1n) is 7.17. The summed E-state index contributed by atoms with van der Waals surface area (Å²) in [5, 5.41) is 2.98. The van der Waals surface area contributed by atoms with Crippen LogP contribution in [0.5, 0.6) is 0 Å². The summed E-state index contributed by atoms with van der Waals surface area (Å²) in [5.41, 5.74) is 4.16. The van der Waals surface area contributed by atoms with Gasteiger partial charge in [0.25, 0.3) is 0 Å². The molecule has 2 aromatic rings. The van der Waals surface area contributed by atoms with Gasteiger partial charge in [-0.05, 0) is 67.1 Å². The summed E-state index contributed by atoms with van der Waals surface area (Å²) in [6, 6.07) is 12.5. The fourth-order valence-electron chi connectivity index (χ4n) is 2.84. The van der Waals surface area contributed by atoms with Crippen LogP contribution in [0.2, 0.25) is 0 Å². The molecule has 0 saturated heterocycles. The van der Waals surface area contributed by atoms with Crippen LogP contribution in [0.15, 0.2) is 42.5 Å². The molecule has 1 aliphatic carbocycles. The molecular weight excluding hydrogens is 265 g/mol. The van der Waals surface area contributed by atoms with Gasteiger partial charge in [0.2, 0.25) is 5.91 Å². The van der Waals surface area contributed by atoms with Crippen molar-refractivity contribution in [2.24, 2.45) is 5.92 Å². The number of amides is 1. The highest BCUT2D eigenvalue weighted by atomic mass is 19.1. The Morgan fingerprint density at radius 1 is 1.10 bits per heavy atom. The first kappa shape index (κ1) is 13.8. The highest BCUT2D eigenvalue weighted by Gasteiger charge is 2.43. The zero-order chi connectivity index (χ0) is 15.0. The predicted octanol–water partition coefficient (Wildman–Crippen LogP) is 4.18. The van der Waals surface area contributed by atoms with Gasteiger partial charge in [0.15, 0.2) is 0 Å². The van der Waals surface area contributed by atoms with E-state index in [1.807, 2.05) is 26.0 Å². The molecule has 1 N–H and O–H groups in total. The van der Waals surface area contributed by atoms with E-state index in [4.69, 9.17) is 0 Å². The van der Waals surface area contributed by atoms with Crippen LogP contribution in [0.25, 0.3) is 0 Å². The average Bonchev–Trinajstić information content (AvgIpc) is 3.18. The van der Waals surface area contributed by atoms with Crippen LogP contribution in [0.3, 0.4) is 0 Å². The van der Waals surface area contributed by atoms with Crippen molar-refractivity contribution in [1.29, 1.82) is 0 Å². The number of benzene rings is 2. The Kier molecular flexibility index (Phi) is 3.50. The second-order valence-corrected chi connectivity index (χ2v) is 5.87. The lowest BCUT2D eigenvalue weighted by Gasteiger charge is -2.07. The van der Waals surface area contributed by atoms with Crippen LogP contribution < -0.4 is 5.32 Å². The van der Waals surface area contributed by atoms with Gasteiger partial charge in [-0.15, -0.1) is 0 Å². The van der Waals surface area contributed by atoms with Crippen LogP contribution in [-0.2, 0) is 4.79 Å². The van der Waals surface area contributed by atoms with Crippen LogP contribution in [-0.4, -0.2) is 5.91 Å². The van der Waals surface area contributed by atoms with E-state index >= 15 is 0 Å². The molecule has 0 radical (unpaired) electrons. The van der Waals surface area contributed by atoms with E-state index in [2.05, 4.69) is 11.4 Å². The zero-order valence-electron chi connectivity index (χ0n) is 12.2. The number of rotatable bonds is 3. The first-order chi connectivity index (χ1) is 10.0. The van der Waals surface area contributed by atoms with E-state index < -0.39 is 0 Å². The van der Waals surface area contributed by atoms with Crippen LogP contribution in [0, 0.1) is 25.6 Å². The number of hydrogen-bond donors (Lipinski definition) is 1. The Bertz CT molecular complexity index is 658. The number of aryl methyl sites for hydroxylation is 2. The summed E-state index contributed by atoms with van der Waals surface area (Å²) < 4.78 is 12.9. The third kappa shape index (κ3) is 3.13. The normalized spacial score (nSPS) is 20.1. The van der Waals surface area contributed by atoms with E-state index in [1.54, 1.807) is 12.1 Å². The van der Waals surface area contributed by atoms with Crippen molar-refractivity contribution < 1.29 is 9.18 Å². The fourth-order valence-corrected chi connectivity index (χ4v) is 2.84. The largest absolute Gasteiger partial charge is 0.326 e. The lowest BCUT2D eigenvalue weighted by Crippen LogP contribution is -2.14. The van der Waals surface area contributed by atoms with Gasteiger partial charge in [-0.3, -0.25) is 4.79 Å². The van der Waals surface area contributed by atoms with Gasteiger partial charge >= 0.3 is 0 Å². The Morgan fingerprint density at radius 3 is 2.33 bits per heavy atom. The zero-order valence-corrected chi connectivity index (χ0v) is 12.2. The average molecular weight is 283 g/mol. The minimum absolute atomic E-state index is 0.00344. The van der Waals surface area contributed by atoms with Gasteiger partial charge in [-0.25, -0.2) is 4.39 Å². The molecule has 0 heterocycles. The van der Waals surface area contributed by atoms with Crippen LogP contribution >= 0.6 is 0 Å². The number of carbonyl (C=O) groups excluding carboxylic acids is 1. The third-order valence-corrected chi connectivity index (χ3v) is 3.91. The third-order valence-electron chi connectivity index (χ3n) is 3.91. The Morgan fingerprint density at radius 2 is 1.71 bits per heavy atom. The van der Waals surface area contributed by atoms with Gasteiger partial charge in [0, 0.05) is 11.6 Å². The van der Waals surface area contributed by atoms with E-state index in [0.717, 1.165) is 28.8 Å². The van der Waals surface area contributed by atoms with Gasteiger partial charge in [-0.2, -0.15) is 0 Å². The summed E-state index contributed by atoms with van der Waals surface area (Å²) in [5.74, 6) is 0.0257.